The van der Waals surface area contributed by atoms with Gasteiger partial charge in [0, 0.05) is 6.42 Å². The minimum Gasteiger partial charge on any atom is -0.481 e. The lowest BCUT2D eigenvalue weighted by atomic mass is 10.1. The zero-order valence-corrected chi connectivity index (χ0v) is 10.1. The molecule has 1 aliphatic carbocycles. The van der Waals surface area contributed by atoms with E-state index >= 15 is 0 Å². The van der Waals surface area contributed by atoms with Gasteiger partial charge in [-0.3, -0.25) is 4.79 Å². The largest absolute Gasteiger partial charge is 0.481 e. The Morgan fingerprint density at radius 1 is 1.57 bits per heavy atom. The molecule has 1 unspecified atom stereocenters. The van der Waals surface area contributed by atoms with Gasteiger partial charge < -0.3 is 10.8 Å². The lowest BCUT2D eigenvalue weighted by molar-refractivity contribution is -0.137. The third-order valence-electron chi connectivity index (χ3n) is 3.29. The molecule has 3 nitrogen and oxygen atoms in total. The zero-order valence-electron chi connectivity index (χ0n) is 9.12. The SMILES string of the molecule is C[Si](C)(CC(CN)CC(=O)O)C1CC1. The number of nitrogens with two attached hydrogens (primary N) is 1. The molecule has 0 aliphatic heterocycles. The lowest BCUT2D eigenvalue weighted by Gasteiger charge is -2.26. The van der Waals surface area contributed by atoms with Crippen LogP contribution >= 0.6 is 0 Å². The predicted molar refractivity (Wildman–Crippen MR) is 60.1 cm³/mol. The monoisotopic (exact) mass is 215 g/mol. The van der Waals surface area contributed by atoms with Crippen molar-refractivity contribution in [1.82, 2.24) is 0 Å². The molecular formula is C10H21NO2Si. The van der Waals surface area contributed by atoms with Gasteiger partial charge in [0.25, 0.3) is 0 Å². The van der Waals surface area contributed by atoms with Gasteiger partial charge >= 0.3 is 5.97 Å². The van der Waals surface area contributed by atoms with E-state index in [-0.39, 0.29) is 12.3 Å². The highest BCUT2D eigenvalue weighted by Gasteiger charge is 2.40. The lowest BCUT2D eigenvalue weighted by Crippen LogP contribution is -2.32. The summed E-state index contributed by atoms with van der Waals surface area (Å²) in [6.07, 6.45) is 2.98. The smallest absolute Gasteiger partial charge is 0.303 e. The molecule has 1 saturated carbocycles. The van der Waals surface area contributed by atoms with Crippen LogP contribution in [0.3, 0.4) is 0 Å². The van der Waals surface area contributed by atoms with E-state index in [1.165, 1.54) is 12.8 Å². The third kappa shape index (κ3) is 3.42. The van der Waals surface area contributed by atoms with Gasteiger partial charge in [0.1, 0.15) is 0 Å². The van der Waals surface area contributed by atoms with E-state index in [1.54, 1.807) is 0 Å². The fourth-order valence-electron chi connectivity index (χ4n) is 2.26. The van der Waals surface area contributed by atoms with Gasteiger partial charge in [-0.15, -0.1) is 0 Å². The van der Waals surface area contributed by atoms with Crippen LogP contribution in [0, 0.1) is 5.92 Å². The normalized spacial score (nSPS) is 19.4. The maximum absolute atomic E-state index is 10.6. The molecule has 1 rings (SSSR count). The van der Waals surface area contributed by atoms with Crippen molar-refractivity contribution in [2.24, 2.45) is 11.7 Å². The fourth-order valence-corrected chi connectivity index (χ4v) is 6.12. The van der Waals surface area contributed by atoms with Gasteiger partial charge in [-0.05, 0) is 18.0 Å². The minimum atomic E-state index is -1.16. The molecule has 3 N–H and O–H groups in total. The van der Waals surface area contributed by atoms with Crippen LogP contribution in [-0.4, -0.2) is 25.7 Å². The second-order valence-electron chi connectivity index (χ2n) is 5.17. The van der Waals surface area contributed by atoms with E-state index in [0.717, 1.165) is 11.6 Å². The van der Waals surface area contributed by atoms with E-state index in [9.17, 15) is 4.79 Å². The number of hydrogen-bond donors (Lipinski definition) is 2. The number of rotatable bonds is 6. The summed E-state index contributed by atoms with van der Waals surface area (Å²) in [5.74, 6) is -0.504. The number of carboxylic acid groups (broad SMARTS) is 1. The minimum absolute atomic E-state index is 0.203. The molecule has 0 bridgehead atoms. The molecule has 0 amide bonds. The van der Waals surface area contributed by atoms with E-state index in [0.29, 0.717) is 6.54 Å². The van der Waals surface area contributed by atoms with Gasteiger partial charge in [0.15, 0.2) is 0 Å². The Kier molecular flexibility index (Phi) is 3.72. The summed E-state index contributed by atoms with van der Waals surface area (Å²) in [4.78, 5) is 10.6. The standard InChI is InChI=1S/C10H21NO2Si/c1-14(2,9-3-4-9)7-8(6-11)5-10(12)13/h8-9H,3-7,11H2,1-2H3,(H,12,13). The van der Waals surface area contributed by atoms with Crippen molar-refractivity contribution in [1.29, 1.82) is 0 Å². The van der Waals surface area contributed by atoms with Crippen LogP contribution in [0.1, 0.15) is 19.3 Å². The Labute approximate surface area is 86.7 Å². The van der Waals surface area contributed by atoms with Gasteiger partial charge in [-0.1, -0.05) is 32.0 Å². The number of aliphatic carboxylic acids is 1. The first kappa shape index (κ1) is 11.7. The van der Waals surface area contributed by atoms with Crippen LogP contribution < -0.4 is 5.73 Å². The first-order valence-electron chi connectivity index (χ1n) is 5.37. The number of hydrogen-bond acceptors (Lipinski definition) is 2. The topological polar surface area (TPSA) is 63.3 Å². The van der Waals surface area contributed by atoms with Crippen molar-refractivity contribution in [3.63, 3.8) is 0 Å². The highest BCUT2D eigenvalue weighted by Crippen LogP contribution is 2.48. The molecule has 0 aromatic rings. The molecular weight excluding hydrogens is 194 g/mol. The highest BCUT2D eigenvalue weighted by molar-refractivity contribution is 6.79. The Bertz CT molecular complexity index is 214. The van der Waals surface area contributed by atoms with Gasteiger partial charge in [0.2, 0.25) is 0 Å². The van der Waals surface area contributed by atoms with Crippen molar-refractivity contribution < 1.29 is 9.90 Å². The number of carboxylic acids is 1. The summed E-state index contributed by atoms with van der Waals surface area (Å²) in [6.45, 7) is 5.26. The van der Waals surface area contributed by atoms with Crippen molar-refractivity contribution in [2.45, 2.75) is 43.9 Å². The van der Waals surface area contributed by atoms with Crippen LogP contribution in [0.5, 0.6) is 0 Å². The summed E-state index contributed by atoms with van der Waals surface area (Å²) in [6, 6.07) is 1.08. The van der Waals surface area contributed by atoms with E-state index < -0.39 is 14.0 Å². The molecule has 0 aromatic carbocycles. The van der Waals surface area contributed by atoms with Crippen LogP contribution in [0.2, 0.25) is 24.7 Å². The summed E-state index contributed by atoms with van der Waals surface area (Å²) in [5, 5.41) is 8.73. The summed E-state index contributed by atoms with van der Waals surface area (Å²) >= 11 is 0. The van der Waals surface area contributed by atoms with E-state index in [2.05, 4.69) is 13.1 Å². The predicted octanol–water partition coefficient (Wildman–Crippen LogP) is 1.91. The number of carbonyl (C=O) groups is 1. The van der Waals surface area contributed by atoms with Gasteiger partial charge in [-0.25, -0.2) is 0 Å². The molecule has 4 heteroatoms. The van der Waals surface area contributed by atoms with Crippen LogP contribution in [0.15, 0.2) is 0 Å². The van der Waals surface area contributed by atoms with Crippen molar-refractivity contribution in [3.8, 4) is 0 Å². The second kappa shape index (κ2) is 4.44. The molecule has 0 spiro atoms. The summed E-state index contributed by atoms with van der Waals surface area (Å²) in [5.41, 5.74) is 6.54. The molecule has 1 atom stereocenters. The first-order valence-corrected chi connectivity index (χ1v) is 8.66. The van der Waals surface area contributed by atoms with E-state index in [1.807, 2.05) is 0 Å². The zero-order chi connectivity index (χ0) is 10.8. The maximum atomic E-state index is 10.6. The quantitative estimate of drug-likeness (QED) is 0.665. The maximum Gasteiger partial charge on any atom is 0.303 e. The average Bonchev–Trinajstić information content (AvgIpc) is 2.83. The second-order valence-corrected chi connectivity index (χ2v) is 10.4. The molecule has 0 heterocycles. The van der Waals surface area contributed by atoms with Crippen LogP contribution in [-0.2, 0) is 4.79 Å². The average molecular weight is 215 g/mol. The van der Waals surface area contributed by atoms with Gasteiger partial charge in [-0.2, -0.15) is 0 Å². The first-order chi connectivity index (χ1) is 6.45. The van der Waals surface area contributed by atoms with Crippen molar-refractivity contribution in [2.75, 3.05) is 6.54 Å². The molecule has 0 aromatic heterocycles. The Morgan fingerprint density at radius 2 is 2.14 bits per heavy atom. The molecule has 14 heavy (non-hydrogen) atoms. The summed E-state index contributed by atoms with van der Waals surface area (Å²) < 4.78 is 0. The van der Waals surface area contributed by atoms with Gasteiger partial charge in [0.05, 0.1) is 8.07 Å². The van der Waals surface area contributed by atoms with Crippen molar-refractivity contribution >= 4 is 14.0 Å². The Balaban J connectivity index is 2.41. The molecule has 1 aliphatic rings. The molecule has 82 valence electrons. The van der Waals surface area contributed by atoms with Crippen molar-refractivity contribution in [3.05, 3.63) is 0 Å². The fraction of sp³-hybridized carbons (Fsp3) is 0.900. The summed E-state index contributed by atoms with van der Waals surface area (Å²) in [7, 11) is -1.16. The third-order valence-corrected chi connectivity index (χ3v) is 7.71. The Hall–Kier alpha value is -0.353. The molecule has 1 fully saturated rings. The molecule has 0 saturated heterocycles. The van der Waals surface area contributed by atoms with Crippen LogP contribution in [0.25, 0.3) is 0 Å². The molecule has 0 radical (unpaired) electrons. The Morgan fingerprint density at radius 3 is 2.50 bits per heavy atom. The van der Waals surface area contributed by atoms with E-state index in [4.69, 9.17) is 10.8 Å². The van der Waals surface area contributed by atoms with Crippen LogP contribution in [0.4, 0.5) is 0 Å². The highest BCUT2D eigenvalue weighted by atomic mass is 28.3.